The maximum Gasteiger partial charge on any atom is 0.258 e. The molecule has 0 spiro atoms. The SMILES string of the molecule is CN(C)C(=O)C(C)(C)c1ccc(C(O)(C(N)=O)c2ccccc2)cc1. The van der Waals surface area contributed by atoms with Crippen molar-refractivity contribution >= 4 is 11.8 Å². The molecule has 0 bridgehead atoms. The number of aliphatic hydroxyl groups is 1. The van der Waals surface area contributed by atoms with Crippen molar-refractivity contribution in [3.63, 3.8) is 0 Å². The Balaban J connectivity index is 2.48. The van der Waals surface area contributed by atoms with Gasteiger partial charge in [-0.3, -0.25) is 9.59 Å². The second-order valence-corrected chi connectivity index (χ2v) is 6.84. The average molecular weight is 340 g/mol. The van der Waals surface area contributed by atoms with Crippen molar-refractivity contribution in [3.8, 4) is 0 Å². The van der Waals surface area contributed by atoms with Crippen molar-refractivity contribution in [2.24, 2.45) is 5.73 Å². The van der Waals surface area contributed by atoms with Crippen molar-refractivity contribution in [2.75, 3.05) is 14.1 Å². The Hall–Kier alpha value is -2.66. The Morgan fingerprint density at radius 2 is 1.32 bits per heavy atom. The van der Waals surface area contributed by atoms with Crippen LogP contribution in [0.15, 0.2) is 54.6 Å². The molecule has 0 saturated carbocycles. The second-order valence-electron chi connectivity index (χ2n) is 6.84. The second kappa shape index (κ2) is 6.69. The van der Waals surface area contributed by atoms with E-state index in [0.717, 1.165) is 5.56 Å². The number of hydrogen-bond acceptors (Lipinski definition) is 3. The van der Waals surface area contributed by atoms with Gasteiger partial charge in [0.05, 0.1) is 5.41 Å². The van der Waals surface area contributed by atoms with E-state index in [2.05, 4.69) is 0 Å². The van der Waals surface area contributed by atoms with Crippen molar-refractivity contribution in [1.29, 1.82) is 0 Å². The van der Waals surface area contributed by atoms with E-state index in [4.69, 9.17) is 5.73 Å². The highest BCUT2D eigenvalue weighted by molar-refractivity contribution is 5.89. The number of benzene rings is 2. The van der Waals surface area contributed by atoms with E-state index in [9.17, 15) is 14.7 Å². The van der Waals surface area contributed by atoms with Gasteiger partial charge in [0, 0.05) is 14.1 Å². The lowest BCUT2D eigenvalue weighted by Crippen LogP contribution is -2.42. The van der Waals surface area contributed by atoms with Crippen LogP contribution < -0.4 is 5.73 Å². The number of carbonyl (C=O) groups is 2. The van der Waals surface area contributed by atoms with Crippen LogP contribution in [0.5, 0.6) is 0 Å². The first-order chi connectivity index (χ1) is 11.6. The summed E-state index contributed by atoms with van der Waals surface area (Å²) in [5, 5.41) is 11.0. The number of amides is 2. The van der Waals surface area contributed by atoms with E-state index in [1.165, 1.54) is 4.90 Å². The van der Waals surface area contributed by atoms with Crippen LogP contribution in [0.25, 0.3) is 0 Å². The molecule has 2 rings (SSSR count). The smallest absolute Gasteiger partial charge is 0.258 e. The van der Waals surface area contributed by atoms with E-state index in [1.54, 1.807) is 68.7 Å². The van der Waals surface area contributed by atoms with E-state index in [-0.39, 0.29) is 5.91 Å². The van der Waals surface area contributed by atoms with Crippen molar-refractivity contribution in [2.45, 2.75) is 24.9 Å². The first kappa shape index (κ1) is 18.7. The van der Waals surface area contributed by atoms with Gasteiger partial charge < -0.3 is 15.7 Å². The van der Waals surface area contributed by atoms with Crippen molar-refractivity contribution in [3.05, 3.63) is 71.3 Å². The van der Waals surface area contributed by atoms with Gasteiger partial charge in [0.25, 0.3) is 5.91 Å². The van der Waals surface area contributed by atoms with Crippen molar-refractivity contribution < 1.29 is 14.7 Å². The van der Waals surface area contributed by atoms with E-state index in [0.29, 0.717) is 11.1 Å². The van der Waals surface area contributed by atoms with Gasteiger partial charge in [0.15, 0.2) is 5.60 Å². The van der Waals surface area contributed by atoms with E-state index < -0.39 is 16.9 Å². The van der Waals surface area contributed by atoms with Crippen LogP contribution in [0.3, 0.4) is 0 Å². The lowest BCUT2D eigenvalue weighted by Gasteiger charge is -2.29. The molecule has 5 nitrogen and oxygen atoms in total. The molecule has 0 radical (unpaired) electrons. The number of hydrogen-bond donors (Lipinski definition) is 2. The molecule has 2 aromatic carbocycles. The summed E-state index contributed by atoms with van der Waals surface area (Å²) in [6, 6.07) is 15.3. The summed E-state index contributed by atoms with van der Waals surface area (Å²) in [4.78, 5) is 25.9. The Morgan fingerprint density at radius 3 is 1.76 bits per heavy atom. The molecule has 0 aromatic heterocycles. The zero-order valence-electron chi connectivity index (χ0n) is 15.0. The fourth-order valence-electron chi connectivity index (χ4n) is 2.94. The summed E-state index contributed by atoms with van der Waals surface area (Å²) in [6.07, 6.45) is 0. The van der Waals surface area contributed by atoms with E-state index in [1.807, 2.05) is 13.8 Å². The highest BCUT2D eigenvalue weighted by Crippen LogP contribution is 2.32. The standard InChI is InChI=1S/C20H24N2O3/c1-19(2,18(24)22(3)4)14-10-12-16(13-11-14)20(25,17(21)23)15-8-6-5-7-9-15/h5-13,25H,1-4H3,(H2,21,23). The number of rotatable bonds is 5. The number of primary amides is 1. The molecule has 2 aromatic rings. The summed E-state index contributed by atoms with van der Waals surface area (Å²) in [5.74, 6) is -0.886. The summed E-state index contributed by atoms with van der Waals surface area (Å²) < 4.78 is 0. The topological polar surface area (TPSA) is 83.6 Å². The highest BCUT2D eigenvalue weighted by Gasteiger charge is 2.39. The van der Waals surface area contributed by atoms with Gasteiger partial charge in [-0.15, -0.1) is 0 Å². The summed E-state index contributed by atoms with van der Waals surface area (Å²) in [6.45, 7) is 3.67. The van der Waals surface area contributed by atoms with Crippen LogP contribution in [0.1, 0.15) is 30.5 Å². The molecule has 132 valence electrons. The van der Waals surface area contributed by atoms with Crippen LogP contribution >= 0.6 is 0 Å². The van der Waals surface area contributed by atoms with Gasteiger partial charge in [-0.1, -0.05) is 54.6 Å². The maximum absolute atomic E-state index is 12.4. The molecule has 0 aliphatic heterocycles. The summed E-state index contributed by atoms with van der Waals surface area (Å²) in [7, 11) is 3.42. The van der Waals surface area contributed by atoms with Gasteiger partial charge in [0.2, 0.25) is 5.91 Å². The third kappa shape index (κ3) is 3.28. The molecule has 5 heteroatoms. The third-order valence-electron chi connectivity index (χ3n) is 4.51. The maximum atomic E-state index is 12.4. The van der Waals surface area contributed by atoms with Crippen LogP contribution in [-0.4, -0.2) is 35.9 Å². The van der Waals surface area contributed by atoms with Crippen LogP contribution in [-0.2, 0) is 20.6 Å². The normalized spacial score (nSPS) is 13.8. The average Bonchev–Trinajstić information content (AvgIpc) is 2.60. The molecule has 1 unspecified atom stereocenters. The van der Waals surface area contributed by atoms with E-state index >= 15 is 0 Å². The minimum atomic E-state index is -1.92. The summed E-state index contributed by atoms with van der Waals surface area (Å²) in [5.41, 5.74) is 4.41. The monoisotopic (exact) mass is 340 g/mol. The molecule has 25 heavy (non-hydrogen) atoms. The largest absolute Gasteiger partial charge is 0.372 e. The zero-order chi connectivity index (χ0) is 18.8. The first-order valence-corrected chi connectivity index (χ1v) is 8.02. The molecule has 0 aliphatic carbocycles. The number of nitrogens with two attached hydrogens (primary N) is 1. The Morgan fingerprint density at radius 1 is 0.880 bits per heavy atom. The highest BCUT2D eigenvalue weighted by atomic mass is 16.3. The van der Waals surface area contributed by atoms with Gasteiger partial charge in [0.1, 0.15) is 0 Å². The lowest BCUT2D eigenvalue weighted by atomic mass is 9.80. The van der Waals surface area contributed by atoms with Gasteiger partial charge in [-0.2, -0.15) is 0 Å². The zero-order valence-corrected chi connectivity index (χ0v) is 15.0. The number of carbonyl (C=O) groups excluding carboxylic acids is 2. The third-order valence-corrected chi connectivity index (χ3v) is 4.51. The Labute approximate surface area is 148 Å². The molecular formula is C20H24N2O3. The number of nitrogens with zero attached hydrogens (tertiary/aromatic N) is 1. The van der Waals surface area contributed by atoms with Crippen LogP contribution in [0, 0.1) is 0 Å². The van der Waals surface area contributed by atoms with Gasteiger partial charge >= 0.3 is 0 Å². The Bertz CT molecular complexity index is 767. The molecule has 0 heterocycles. The molecule has 0 fully saturated rings. The number of likely N-dealkylation sites (N-methyl/N-ethyl adjacent to an activating group) is 1. The fourth-order valence-corrected chi connectivity index (χ4v) is 2.94. The molecular weight excluding hydrogens is 316 g/mol. The van der Waals surface area contributed by atoms with Gasteiger partial charge in [-0.05, 0) is 30.5 Å². The minimum absolute atomic E-state index is 0.0338. The molecule has 2 amide bonds. The fraction of sp³-hybridized carbons (Fsp3) is 0.300. The Kier molecular flexibility index (Phi) is 4.99. The summed E-state index contributed by atoms with van der Waals surface area (Å²) >= 11 is 0. The molecule has 0 saturated heterocycles. The molecule has 0 aliphatic rings. The van der Waals surface area contributed by atoms with Crippen LogP contribution in [0.4, 0.5) is 0 Å². The quantitative estimate of drug-likeness (QED) is 0.870. The first-order valence-electron chi connectivity index (χ1n) is 8.02. The molecule has 3 N–H and O–H groups in total. The van der Waals surface area contributed by atoms with Crippen LogP contribution in [0.2, 0.25) is 0 Å². The predicted molar refractivity (Wildman–Crippen MR) is 96.8 cm³/mol. The van der Waals surface area contributed by atoms with Gasteiger partial charge in [-0.25, -0.2) is 0 Å². The molecule has 1 atom stereocenters. The van der Waals surface area contributed by atoms with Crippen molar-refractivity contribution in [1.82, 2.24) is 4.90 Å². The predicted octanol–water partition coefficient (Wildman–Crippen LogP) is 1.77. The minimum Gasteiger partial charge on any atom is -0.372 e. The lowest BCUT2D eigenvalue weighted by molar-refractivity contribution is -0.134.